The number of halogens is 1. The zero-order valence-electron chi connectivity index (χ0n) is 10.9. The Labute approximate surface area is 118 Å². The minimum Gasteiger partial charge on any atom is -0.484 e. The predicted octanol–water partition coefficient (Wildman–Crippen LogP) is 1.07. The number of hydrogen-bond acceptors (Lipinski definition) is 4. The van der Waals surface area contributed by atoms with Gasteiger partial charge < -0.3 is 20.1 Å². The summed E-state index contributed by atoms with van der Waals surface area (Å²) in [5, 5.41) is 6.51. The Morgan fingerprint density at radius 3 is 2.63 bits per heavy atom. The molecule has 0 aromatic heterocycles. The summed E-state index contributed by atoms with van der Waals surface area (Å²) in [4.78, 5) is 11.5. The first-order chi connectivity index (χ1) is 9.22. The Balaban J connectivity index is 2.06. The number of amides is 1. The zero-order valence-corrected chi connectivity index (χ0v) is 11.7. The summed E-state index contributed by atoms with van der Waals surface area (Å²) in [6.07, 6.45) is 0. The molecule has 2 N–H and O–H groups in total. The molecule has 19 heavy (non-hydrogen) atoms. The van der Waals surface area contributed by atoms with Crippen molar-refractivity contribution >= 4 is 17.5 Å². The molecule has 1 aromatic rings. The highest BCUT2D eigenvalue weighted by molar-refractivity contribution is 6.30. The van der Waals surface area contributed by atoms with Crippen LogP contribution in [0.15, 0.2) is 24.3 Å². The van der Waals surface area contributed by atoms with Crippen LogP contribution in [-0.2, 0) is 9.53 Å². The van der Waals surface area contributed by atoms with E-state index in [0.29, 0.717) is 30.5 Å². The lowest BCUT2D eigenvalue weighted by Gasteiger charge is -2.08. The van der Waals surface area contributed by atoms with Gasteiger partial charge in [0, 0.05) is 31.8 Å². The summed E-state index contributed by atoms with van der Waals surface area (Å²) < 4.78 is 10.2. The van der Waals surface area contributed by atoms with Gasteiger partial charge >= 0.3 is 0 Å². The molecule has 1 aromatic carbocycles. The first kappa shape index (κ1) is 15.8. The quantitative estimate of drug-likeness (QED) is 0.667. The van der Waals surface area contributed by atoms with Crippen molar-refractivity contribution in [1.82, 2.24) is 10.6 Å². The van der Waals surface area contributed by atoms with Crippen molar-refractivity contribution in [2.24, 2.45) is 0 Å². The van der Waals surface area contributed by atoms with Crippen LogP contribution in [0.3, 0.4) is 0 Å². The van der Waals surface area contributed by atoms with Crippen molar-refractivity contribution in [3.05, 3.63) is 29.3 Å². The molecule has 0 unspecified atom stereocenters. The second-order valence-electron chi connectivity index (χ2n) is 3.84. The highest BCUT2D eigenvalue weighted by Crippen LogP contribution is 2.15. The van der Waals surface area contributed by atoms with Crippen LogP contribution in [0.4, 0.5) is 0 Å². The first-order valence-electron chi connectivity index (χ1n) is 6.07. The molecule has 5 nitrogen and oxygen atoms in total. The zero-order chi connectivity index (χ0) is 13.9. The maximum atomic E-state index is 11.5. The average molecular weight is 287 g/mol. The van der Waals surface area contributed by atoms with Crippen LogP contribution >= 0.6 is 11.6 Å². The van der Waals surface area contributed by atoms with E-state index < -0.39 is 0 Å². The highest BCUT2D eigenvalue weighted by Gasteiger charge is 2.01. The van der Waals surface area contributed by atoms with E-state index in [9.17, 15) is 4.79 Å². The number of ether oxygens (including phenoxy) is 2. The third-order valence-electron chi connectivity index (χ3n) is 2.29. The molecule has 0 bridgehead atoms. The second-order valence-corrected chi connectivity index (χ2v) is 4.27. The van der Waals surface area contributed by atoms with Gasteiger partial charge in [0.2, 0.25) is 0 Å². The number of carbonyl (C=O) groups excluding carboxylic acids is 1. The summed E-state index contributed by atoms with van der Waals surface area (Å²) in [7, 11) is 1.65. The molecule has 1 amide bonds. The molecule has 0 spiro atoms. The summed E-state index contributed by atoms with van der Waals surface area (Å²) in [6.45, 7) is 2.70. The number of hydrogen-bond donors (Lipinski definition) is 2. The summed E-state index contributed by atoms with van der Waals surface area (Å²) in [5.74, 6) is 0.473. The van der Waals surface area contributed by atoms with E-state index in [-0.39, 0.29) is 12.5 Å². The molecule has 0 heterocycles. The Hall–Kier alpha value is -1.30. The smallest absolute Gasteiger partial charge is 0.257 e. The molecular formula is C13H19ClN2O3. The number of methoxy groups -OCH3 is 1. The van der Waals surface area contributed by atoms with Crippen LogP contribution in [0, 0.1) is 0 Å². The molecule has 0 fully saturated rings. The largest absolute Gasteiger partial charge is 0.484 e. The van der Waals surface area contributed by atoms with Crippen molar-refractivity contribution in [1.29, 1.82) is 0 Å². The Bertz CT molecular complexity index is 371. The summed E-state index contributed by atoms with van der Waals surface area (Å²) >= 11 is 5.74. The minimum absolute atomic E-state index is 0.000294. The van der Waals surface area contributed by atoms with Crippen LogP contribution in [0.1, 0.15) is 0 Å². The van der Waals surface area contributed by atoms with Gasteiger partial charge in [-0.1, -0.05) is 11.6 Å². The van der Waals surface area contributed by atoms with E-state index in [1.54, 1.807) is 31.4 Å². The third-order valence-corrected chi connectivity index (χ3v) is 2.54. The second kappa shape index (κ2) is 9.61. The van der Waals surface area contributed by atoms with Crippen LogP contribution in [0.5, 0.6) is 5.75 Å². The number of carbonyl (C=O) groups is 1. The van der Waals surface area contributed by atoms with Crippen LogP contribution in [0.2, 0.25) is 5.02 Å². The molecule has 0 aliphatic heterocycles. The highest BCUT2D eigenvalue weighted by atomic mass is 35.5. The molecule has 0 aliphatic rings. The van der Waals surface area contributed by atoms with Crippen molar-refractivity contribution in [3.8, 4) is 5.75 Å². The SMILES string of the molecule is COCCNCCNC(=O)COc1ccc(Cl)cc1. The van der Waals surface area contributed by atoms with Crippen LogP contribution in [0.25, 0.3) is 0 Å². The van der Waals surface area contributed by atoms with E-state index in [1.165, 1.54) is 0 Å². The predicted molar refractivity (Wildman–Crippen MR) is 74.7 cm³/mol. The van der Waals surface area contributed by atoms with Gasteiger partial charge in [0.1, 0.15) is 5.75 Å². The number of rotatable bonds is 9. The average Bonchev–Trinajstić information content (AvgIpc) is 2.42. The standard InChI is InChI=1S/C13H19ClN2O3/c1-18-9-8-15-6-7-16-13(17)10-19-12-4-2-11(14)3-5-12/h2-5,15H,6-10H2,1H3,(H,16,17). The van der Waals surface area contributed by atoms with E-state index in [0.717, 1.165) is 6.54 Å². The molecule has 0 radical (unpaired) electrons. The van der Waals surface area contributed by atoms with Gasteiger partial charge in [0.05, 0.1) is 6.61 Å². The van der Waals surface area contributed by atoms with Crippen molar-refractivity contribution < 1.29 is 14.3 Å². The molecule has 6 heteroatoms. The van der Waals surface area contributed by atoms with Crippen molar-refractivity contribution in [2.45, 2.75) is 0 Å². The van der Waals surface area contributed by atoms with E-state index in [2.05, 4.69) is 10.6 Å². The van der Waals surface area contributed by atoms with Crippen molar-refractivity contribution in [2.75, 3.05) is 40.0 Å². The normalized spacial score (nSPS) is 10.2. The number of benzene rings is 1. The molecule has 0 saturated carbocycles. The fourth-order valence-electron chi connectivity index (χ4n) is 1.32. The Kier molecular flexibility index (Phi) is 7.97. The lowest BCUT2D eigenvalue weighted by Crippen LogP contribution is -2.35. The topological polar surface area (TPSA) is 59.6 Å². The van der Waals surface area contributed by atoms with E-state index in [4.69, 9.17) is 21.1 Å². The first-order valence-corrected chi connectivity index (χ1v) is 6.45. The van der Waals surface area contributed by atoms with Gasteiger partial charge in [-0.2, -0.15) is 0 Å². The van der Waals surface area contributed by atoms with E-state index in [1.807, 2.05) is 0 Å². The molecule has 0 aliphatic carbocycles. The van der Waals surface area contributed by atoms with Crippen LogP contribution < -0.4 is 15.4 Å². The van der Waals surface area contributed by atoms with Gasteiger partial charge in [0.15, 0.2) is 6.61 Å². The lowest BCUT2D eigenvalue weighted by molar-refractivity contribution is -0.123. The fourth-order valence-corrected chi connectivity index (χ4v) is 1.45. The van der Waals surface area contributed by atoms with Crippen molar-refractivity contribution in [3.63, 3.8) is 0 Å². The van der Waals surface area contributed by atoms with Crippen LogP contribution in [-0.4, -0.2) is 45.9 Å². The summed E-state index contributed by atoms with van der Waals surface area (Å²) in [5.41, 5.74) is 0. The Morgan fingerprint density at radius 1 is 1.21 bits per heavy atom. The maximum absolute atomic E-state index is 11.5. The third kappa shape index (κ3) is 7.66. The van der Waals surface area contributed by atoms with Gasteiger partial charge in [0.25, 0.3) is 5.91 Å². The monoisotopic (exact) mass is 286 g/mol. The number of nitrogens with one attached hydrogen (secondary N) is 2. The molecule has 0 atom stereocenters. The summed E-state index contributed by atoms with van der Waals surface area (Å²) in [6, 6.07) is 6.88. The maximum Gasteiger partial charge on any atom is 0.257 e. The van der Waals surface area contributed by atoms with E-state index >= 15 is 0 Å². The van der Waals surface area contributed by atoms with Gasteiger partial charge in [-0.25, -0.2) is 0 Å². The fraction of sp³-hybridized carbons (Fsp3) is 0.462. The van der Waals surface area contributed by atoms with Gasteiger partial charge in [-0.3, -0.25) is 4.79 Å². The molecule has 1 rings (SSSR count). The lowest BCUT2D eigenvalue weighted by atomic mass is 10.3. The minimum atomic E-state index is -0.150. The molecule has 106 valence electrons. The molecule has 0 saturated heterocycles. The Morgan fingerprint density at radius 2 is 1.95 bits per heavy atom. The molecular weight excluding hydrogens is 268 g/mol. The van der Waals surface area contributed by atoms with Gasteiger partial charge in [-0.05, 0) is 24.3 Å². The van der Waals surface area contributed by atoms with Gasteiger partial charge in [-0.15, -0.1) is 0 Å².